The van der Waals surface area contributed by atoms with Crippen LogP contribution in [-0.4, -0.2) is 36.7 Å². The molecule has 6 nitrogen and oxygen atoms in total. The van der Waals surface area contributed by atoms with Gasteiger partial charge in [0.05, 0.1) is 12.7 Å². The van der Waals surface area contributed by atoms with Crippen LogP contribution in [0.1, 0.15) is 16.8 Å². The largest absolute Gasteiger partial charge is 0.497 e. The lowest BCUT2D eigenvalue weighted by molar-refractivity contribution is -0.117. The standard InChI is InChI=1S/C12H14N2O4/c1-18-10-3-7(12(16)17)2-9(5-10)14-6-8(13)4-11(14)15/h2-3,5,8H,4,6,13H2,1H3,(H,16,17). The van der Waals surface area contributed by atoms with Crippen molar-refractivity contribution in [2.75, 3.05) is 18.6 Å². The van der Waals surface area contributed by atoms with Gasteiger partial charge in [-0.1, -0.05) is 0 Å². The number of rotatable bonds is 3. The van der Waals surface area contributed by atoms with Crippen LogP contribution in [0.25, 0.3) is 0 Å². The maximum absolute atomic E-state index is 11.7. The Balaban J connectivity index is 2.41. The third-order valence-corrected chi connectivity index (χ3v) is 2.84. The van der Waals surface area contributed by atoms with Gasteiger partial charge >= 0.3 is 5.97 Å². The van der Waals surface area contributed by atoms with Crippen LogP contribution in [0.3, 0.4) is 0 Å². The van der Waals surface area contributed by atoms with Crippen LogP contribution >= 0.6 is 0 Å². The molecule has 1 aliphatic heterocycles. The van der Waals surface area contributed by atoms with E-state index in [0.29, 0.717) is 18.0 Å². The normalized spacial score (nSPS) is 19.1. The molecule has 0 bridgehead atoms. The van der Waals surface area contributed by atoms with E-state index >= 15 is 0 Å². The Labute approximate surface area is 104 Å². The number of carboxylic acid groups (broad SMARTS) is 1. The van der Waals surface area contributed by atoms with Crippen LogP contribution in [-0.2, 0) is 4.79 Å². The Kier molecular flexibility index (Phi) is 3.20. The van der Waals surface area contributed by atoms with E-state index in [1.54, 1.807) is 6.07 Å². The van der Waals surface area contributed by atoms with E-state index in [1.165, 1.54) is 24.1 Å². The molecule has 1 unspecified atom stereocenters. The Morgan fingerprint density at radius 3 is 2.72 bits per heavy atom. The smallest absolute Gasteiger partial charge is 0.335 e. The first-order valence-electron chi connectivity index (χ1n) is 5.49. The maximum atomic E-state index is 11.7. The number of ether oxygens (including phenoxy) is 1. The molecule has 0 saturated carbocycles. The summed E-state index contributed by atoms with van der Waals surface area (Å²) in [7, 11) is 1.45. The molecule has 1 amide bonds. The Morgan fingerprint density at radius 1 is 1.50 bits per heavy atom. The number of hydrogen-bond donors (Lipinski definition) is 2. The summed E-state index contributed by atoms with van der Waals surface area (Å²) in [4.78, 5) is 24.2. The molecule has 0 aliphatic carbocycles. The number of nitrogens with zero attached hydrogens (tertiary/aromatic N) is 1. The summed E-state index contributed by atoms with van der Waals surface area (Å²) in [6.45, 7) is 0.394. The van der Waals surface area contributed by atoms with E-state index in [0.717, 1.165) is 0 Å². The molecule has 1 aromatic carbocycles. The molecule has 1 aliphatic rings. The lowest BCUT2D eigenvalue weighted by atomic mass is 10.1. The topological polar surface area (TPSA) is 92.9 Å². The predicted octanol–water partition coefficient (Wildman–Crippen LogP) is 0.457. The van der Waals surface area contributed by atoms with Crippen molar-refractivity contribution in [1.29, 1.82) is 0 Å². The van der Waals surface area contributed by atoms with Crippen molar-refractivity contribution in [3.8, 4) is 5.75 Å². The van der Waals surface area contributed by atoms with Gasteiger partial charge in [-0.3, -0.25) is 4.79 Å². The number of carbonyl (C=O) groups excluding carboxylic acids is 1. The number of anilines is 1. The third-order valence-electron chi connectivity index (χ3n) is 2.84. The van der Waals surface area contributed by atoms with Gasteiger partial charge in [-0.05, 0) is 12.1 Å². The summed E-state index contributed by atoms with van der Waals surface area (Å²) in [6, 6.07) is 4.27. The average molecular weight is 250 g/mol. The molecule has 2 rings (SSSR count). The molecule has 1 heterocycles. The summed E-state index contributed by atoms with van der Waals surface area (Å²) in [5, 5.41) is 9.01. The Bertz CT molecular complexity index is 501. The minimum atomic E-state index is -1.06. The summed E-state index contributed by atoms with van der Waals surface area (Å²) in [5.74, 6) is -0.767. The van der Waals surface area contributed by atoms with Crippen LogP contribution in [0.5, 0.6) is 5.75 Å². The van der Waals surface area contributed by atoms with Crippen molar-refractivity contribution >= 4 is 17.6 Å². The highest BCUT2D eigenvalue weighted by Gasteiger charge is 2.28. The summed E-state index contributed by atoms with van der Waals surface area (Å²) in [5.41, 5.74) is 6.30. The van der Waals surface area contributed by atoms with Crippen molar-refractivity contribution in [2.45, 2.75) is 12.5 Å². The van der Waals surface area contributed by atoms with Crippen LogP contribution in [0, 0.1) is 0 Å². The predicted molar refractivity (Wildman–Crippen MR) is 64.9 cm³/mol. The fourth-order valence-corrected chi connectivity index (χ4v) is 1.97. The molecule has 0 aromatic heterocycles. The monoisotopic (exact) mass is 250 g/mol. The van der Waals surface area contributed by atoms with Crippen molar-refractivity contribution in [3.05, 3.63) is 23.8 Å². The second kappa shape index (κ2) is 4.66. The maximum Gasteiger partial charge on any atom is 0.335 e. The molecule has 6 heteroatoms. The lowest BCUT2D eigenvalue weighted by Crippen LogP contribution is -2.28. The van der Waals surface area contributed by atoms with Gasteiger partial charge in [-0.2, -0.15) is 0 Å². The highest BCUT2D eigenvalue weighted by molar-refractivity contribution is 5.98. The molecular weight excluding hydrogens is 236 g/mol. The van der Waals surface area contributed by atoms with Crippen LogP contribution in [0.15, 0.2) is 18.2 Å². The molecule has 1 aromatic rings. The van der Waals surface area contributed by atoms with Gasteiger partial charge in [0.25, 0.3) is 0 Å². The fraction of sp³-hybridized carbons (Fsp3) is 0.333. The number of carboxylic acids is 1. The minimum absolute atomic E-state index is 0.0811. The second-order valence-corrected chi connectivity index (χ2v) is 4.19. The van der Waals surface area contributed by atoms with Crippen LogP contribution in [0.4, 0.5) is 5.69 Å². The third kappa shape index (κ3) is 2.28. The molecule has 1 saturated heterocycles. The quantitative estimate of drug-likeness (QED) is 0.812. The number of nitrogens with two attached hydrogens (primary N) is 1. The second-order valence-electron chi connectivity index (χ2n) is 4.19. The number of benzene rings is 1. The Morgan fingerprint density at radius 2 is 2.22 bits per heavy atom. The summed E-state index contributed by atoms with van der Waals surface area (Å²) < 4.78 is 5.03. The van der Waals surface area contributed by atoms with Gasteiger partial charge in [0.2, 0.25) is 5.91 Å². The lowest BCUT2D eigenvalue weighted by Gasteiger charge is -2.17. The zero-order valence-corrected chi connectivity index (χ0v) is 9.92. The first-order chi connectivity index (χ1) is 8.51. The van der Waals surface area contributed by atoms with Gasteiger partial charge < -0.3 is 20.5 Å². The van der Waals surface area contributed by atoms with E-state index in [2.05, 4.69) is 0 Å². The van der Waals surface area contributed by atoms with Crippen molar-refractivity contribution in [3.63, 3.8) is 0 Å². The molecule has 18 heavy (non-hydrogen) atoms. The number of methoxy groups -OCH3 is 1. The zero-order chi connectivity index (χ0) is 13.3. The first kappa shape index (κ1) is 12.4. The number of aromatic carboxylic acids is 1. The van der Waals surface area contributed by atoms with Gasteiger partial charge in [0.1, 0.15) is 5.75 Å². The molecule has 0 spiro atoms. The molecule has 96 valence electrons. The molecule has 0 radical (unpaired) electrons. The Hall–Kier alpha value is -2.08. The first-order valence-corrected chi connectivity index (χ1v) is 5.49. The van der Waals surface area contributed by atoms with Gasteiger partial charge in [0, 0.05) is 30.8 Å². The van der Waals surface area contributed by atoms with Gasteiger partial charge in [0.15, 0.2) is 0 Å². The van der Waals surface area contributed by atoms with Crippen LogP contribution < -0.4 is 15.4 Å². The number of carbonyl (C=O) groups is 2. The zero-order valence-electron chi connectivity index (χ0n) is 9.92. The highest BCUT2D eigenvalue weighted by Crippen LogP contribution is 2.27. The van der Waals surface area contributed by atoms with E-state index in [9.17, 15) is 9.59 Å². The fourth-order valence-electron chi connectivity index (χ4n) is 1.97. The van der Waals surface area contributed by atoms with Crippen molar-refractivity contribution in [2.24, 2.45) is 5.73 Å². The SMILES string of the molecule is COc1cc(C(=O)O)cc(N2CC(N)CC2=O)c1. The van der Waals surface area contributed by atoms with Crippen LogP contribution in [0.2, 0.25) is 0 Å². The number of amides is 1. The number of hydrogen-bond acceptors (Lipinski definition) is 4. The molecule has 1 atom stereocenters. The van der Waals surface area contributed by atoms with Crippen molar-refractivity contribution < 1.29 is 19.4 Å². The van der Waals surface area contributed by atoms with Gasteiger partial charge in [-0.15, -0.1) is 0 Å². The van der Waals surface area contributed by atoms with E-state index < -0.39 is 5.97 Å². The molecular formula is C12H14N2O4. The van der Waals surface area contributed by atoms with E-state index in [-0.39, 0.29) is 23.9 Å². The van der Waals surface area contributed by atoms with E-state index in [1.807, 2.05) is 0 Å². The average Bonchev–Trinajstić information content (AvgIpc) is 2.67. The van der Waals surface area contributed by atoms with E-state index in [4.69, 9.17) is 15.6 Å². The summed E-state index contributed by atoms with van der Waals surface area (Å²) in [6.07, 6.45) is 0.277. The van der Waals surface area contributed by atoms with Gasteiger partial charge in [-0.25, -0.2) is 4.79 Å². The summed E-state index contributed by atoms with van der Waals surface area (Å²) >= 11 is 0. The molecule has 3 N–H and O–H groups in total. The molecule has 1 fully saturated rings. The minimum Gasteiger partial charge on any atom is -0.497 e. The highest BCUT2D eigenvalue weighted by atomic mass is 16.5. The van der Waals surface area contributed by atoms with Crippen molar-refractivity contribution in [1.82, 2.24) is 0 Å².